The number of rotatable bonds is 6. The quantitative estimate of drug-likeness (QED) is 0.512. The minimum absolute atomic E-state index is 0.0902. The molecular weight excluding hydrogens is 516 g/mol. The third-order valence-electron chi connectivity index (χ3n) is 10.4. The van der Waals surface area contributed by atoms with Gasteiger partial charge in [0.1, 0.15) is 11.4 Å². The zero-order chi connectivity index (χ0) is 28.6. The standard InChI is InChI=1S/C32H46N6O3/c1-4-28(39)38-18-17-37(20-24(38)12-15-33)30-26-11-14-32(13-10-23-8-5-7-22(2)29(23)41-32)19-27(26)34-31(35-30)40-21-25-9-6-16-36(25)3/h4-5,7-8,24-27,30-31,34-35H,1,6,9-14,16-21H2,2-3H3/t24?,25?,26?,27?,30?,31?,32-/m0/s1. The molecule has 7 atom stereocenters. The van der Waals surface area contributed by atoms with E-state index in [1.54, 1.807) is 0 Å². The molecular formula is C32H46N6O3. The molecule has 1 aliphatic carbocycles. The molecule has 1 saturated carbocycles. The molecule has 0 bridgehead atoms. The fourth-order valence-electron chi connectivity index (χ4n) is 8.06. The van der Waals surface area contributed by atoms with Crippen LogP contribution in [0.25, 0.3) is 0 Å². The molecule has 5 aliphatic rings. The molecule has 1 aromatic rings. The summed E-state index contributed by atoms with van der Waals surface area (Å²) in [6, 6.07) is 9.35. The summed E-state index contributed by atoms with van der Waals surface area (Å²) in [5.41, 5.74) is 2.38. The Kier molecular flexibility index (Phi) is 8.39. The summed E-state index contributed by atoms with van der Waals surface area (Å²) >= 11 is 0. The van der Waals surface area contributed by atoms with E-state index in [2.05, 4.69) is 65.3 Å². The zero-order valence-corrected chi connectivity index (χ0v) is 24.7. The van der Waals surface area contributed by atoms with E-state index in [1.165, 1.54) is 30.0 Å². The van der Waals surface area contributed by atoms with Crippen LogP contribution >= 0.6 is 0 Å². The molecule has 3 saturated heterocycles. The van der Waals surface area contributed by atoms with Gasteiger partial charge >= 0.3 is 0 Å². The van der Waals surface area contributed by atoms with Crippen molar-refractivity contribution in [3.8, 4) is 11.8 Å². The number of amides is 1. The Morgan fingerprint density at radius 1 is 1.24 bits per heavy atom. The molecule has 1 aromatic carbocycles. The van der Waals surface area contributed by atoms with E-state index in [-0.39, 0.29) is 36.1 Å². The van der Waals surface area contributed by atoms with Crippen molar-refractivity contribution in [2.45, 2.75) is 94.5 Å². The predicted molar refractivity (Wildman–Crippen MR) is 157 cm³/mol. The normalized spacial score (nSPS) is 35.8. The van der Waals surface area contributed by atoms with Crippen LogP contribution in [0.5, 0.6) is 5.75 Å². The SMILES string of the molecule is C=CC(=O)N1CCN(C2NC(OCC3CCCN3C)NC3C[C@]4(CCc5cccc(C)c5O4)CCC32)CC1CC#N. The Balaban J connectivity index is 1.21. The van der Waals surface area contributed by atoms with Crippen molar-refractivity contribution in [2.75, 3.05) is 39.8 Å². The number of ether oxygens (including phenoxy) is 2. The van der Waals surface area contributed by atoms with Crippen LogP contribution in [-0.4, -0.2) is 96.7 Å². The van der Waals surface area contributed by atoms with E-state index in [0.29, 0.717) is 38.1 Å². The lowest BCUT2D eigenvalue weighted by Gasteiger charge is -2.56. The molecule has 6 rings (SSSR count). The molecule has 9 nitrogen and oxygen atoms in total. The van der Waals surface area contributed by atoms with E-state index in [0.717, 1.165) is 50.9 Å². The lowest BCUT2D eigenvalue weighted by atomic mass is 9.70. The van der Waals surface area contributed by atoms with Gasteiger partial charge in [0.05, 0.1) is 31.3 Å². The number of nitrogens with zero attached hydrogens (tertiary/aromatic N) is 4. The van der Waals surface area contributed by atoms with Gasteiger partial charge < -0.3 is 19.3 Å². The van der Waals surface area contributed by atoms with Gasteiger partial charge in [-0.2, -0.15) is 5.26 Å². The van der Waals surface area contributed by atoms with Crippen LogP contribution < -0.4 is 15.4 Å². The number of hydrogen-bond donors (Lipinski definition) is 2. The Labute approximate surface area is 244 Å². The second-order valence-electron chi connectivity index (χ2n) is 12.9. The first-order valence-corrected chi connectivity index (χ1v) is 15.6. The lowest BCUT2D eigenvalue weighted by molar-refractivity contribution is -0.139. The molecule has 0 aromatic heterocycles. The third kappa shape index (κ3) is 5.78. The number of hydrogen-bond acceptors (Lipinski definition) is 8. The van der Waals surface area contributed by atoms with E-state index in [1.807, 2.05) is 4.90 Å². The highest BCUT2D eigenvalue weighted by molar-refractivity contribution is 5.87. The van der Waals surface area contributed by atoms with Crippen molar-refractivity contribution in [1.29, 1.82) is 5.26 Å². The summed E-state index contributed by atoms with van der Waals surface area (Å²) in [4.78, 5) is 19.2. The van der Waals surface area contributed by atoms with Gasteiger partial charge in [0.15, 0.2) is 6.35 Å². The Morgan fingerprint density at radius 3 is 2.90 bits per heavy atom. The van der Waals surface area contributed by atoms with Crippen molar-refractivity contribution < 1.29 is 14.3 Å². The van der Waals surface area contributed by atoms with Crippen molar-refractivity contribution in [3.63, 3.8) is 0 Å². The van der Waals surface area contributed by atoms with Crippen LogP contribution in [0.1, 0.15) is 56.1 Å². The fourth-order valence-corrected chi connectivity index (χ4v) is 8.06. The van der Waals surface area contributed by atoms with Crippen molar-refractivity contribution in [1.82, 2.24) is 25.3 Å². The maximum Gasteiger partial charge on any atom is 0.246 e. The number of fused-ring (bicyclic) bond motifs is 2. The molecule has 2 N–H and O–H groups in total. The molecule has 6 unspecified atom stereocenters. The first-order valence-electron chi connectivity index (χ1n) is 15.6. The minimum Gasteiger partial charge on any atom is -0.487 e. The van der Waals surface area contributed by atoms with Gasteiger partial charge in [-0.1, -0.05) is 24.8 Å². The molecule has 0 radical (unpaired) electrons. The summed E-state index contributed by atoms with van der Waals surface area (Å²) in [6.45, 7) is 9.68. The van der Waals surface area contributed by atoms with Crippen LogP contribution in [0.15, 0.2) is 30.9 Å². The topological polar surface area (TPSA) is 93.1 Å². The Bertz CT molecular complexity index is 1170. The van der Waals surface area contributed by atoms with Gasteiger partial charge in [0, 0.05) is 44.1 Å². The van der Waals surface area contributed by atoms with E-state index in [4.69, 9.17) is 9.47 Å². The predicted octanol–water partition coefficient (Wildman–Crippen LogP) is 2.75. The van der Waals surface area contributed by atoms with Crippen LogP contribution in [0, 0.1) is 24.2 Å². The summed E-state index contributed by atoms with van der Waals surface area (Å²) in [5, 5.41) is 17.2. The molecule has 1 amide bonds. The number of benzene rings is 1. The largest absolute Gasteiger partial charge is 0.487 e. The van der Waals surface area contributed by atoms with Gasteiger partial charge in [-0.3, -0.25) is 20.3 Å². The minimum atomic E-state index is -0.259. The maximum atomic E-state index is 12.6. The molecule has 4 heterocycles. The summed E-state index contributed by atoms with van der Waals surface area (Å²) in [7, 11) is 2.19. The zero-order valence-electron chi connectivity index (χ0n) is 24.7. The van der Waals surface area contributed by atoms with Gasteiger partial charge in [-0.15, -0.1) is 0 Å². The second-order valence-corrected chi connectivity index (χ2v) is 12.9. The van der Waals surface area contributed by atoms with Crippen LogP contribution in [0.2, 0.25) is 0 Å². The lowest BCUT2D eigenvalue weighted by Crippen LogP contribution is -2.73. The number of para-hydroxylation sites is 1. The number of carbonyl (C=O) groups is 1. The first kappa shape index (κ1) is 28.6. The Morgan fingerprint density at radius 2 is 2.12 bits per heavy atom. The number of aryl methyl sites for hydroxylation is 2. The smallest absolute Gasteiger partial charge is 0.246 e. The maximum absolute atomic E-state index is 12.6. The molecule has 1 spiro atoms. The first-order chi connectivity index (χ1) is 19.9. The summed E-state index contributed by atoms with van der Waals surface area (Å²) in [6.07, 6.45) is 9.03. The van der Waals surface area contributed by atoms with Crippen LogP contribution in [0.3, 0.4) is 0 Å². The number of likely N-dealkylation sites (tertiary alicyclic amines) is 1. The molecule has 41 heavy (non-hydrogen) atoms. The van der Waals surface area contributed by atoms with Gasteiger partial charge in [-0.25, -0.2) is 0 Å². The molecule has 222 valence electrons. The highest BCUT2D eigenvalue weighted by atomic mass is 16.5. The molecule has 4 fully saturated rings. The third-order valence-corrected chi connectivity index (χ3v) is 10.4. The fraction of sp³-hybridized carbons (Fsp3) is 0.688. The Hall–Kier alpha value is -2.48. The van der Waals surface area contributed by atoms with Crippen molar-refractivity contribution >= 4 is 5.91 Å². The number of piperazine rings is 1. The average molecular weight is 563 g/mol. The monoisotopic (exact) mass is 562 g/mol. The highest BCUT2D eigenvalue weighted by Crippen LogP contribution is 2.46. The van der Waals surface area contributed by atoms with Crippen LogP contribution in [0.4, 0.5) is 0 Å². The van der Waals surface area contributed by atoms with Crippen molar-refractivity contribution in [2.24, 2.45) is 5.92 Å². The van der Waals surface area contributed by atoms with E-state index >= 15 is 0 Å². The van der Waals surface area contributed by atoms with E-state index in [9.17, 15) is 10.1 Å². The average Bonchev–Trinajstić information content (AvgIpc) is 3.40. The highest BCUT2D eigenvalue weighted by Gasteiger charge is 2.51. The summed E-state index contributed by atoms with van der Waals surface area (Å²) in [5.74, 6) is 1.37. The number of nitriles is 1. The van der Waals surface area contributed by atoms with Crippen molar-refractivity contribution in [3.05, 3.63) is 42.0 Å². The van der Waals surface area contributed by atoms with E-state index < -0.39 is 0 Å². The molecule has 9 heteroatoms. The number of nitrogens with one attached hydrogen (secondary N) is 2. The van der Waals surface area contributed by atoms with Gasteiger partial charge in [0.2, 0.25) is 5.91 Å². The van der Waals surface area contributed by atoms with Crippen LogP contribution in [-0.2, 0) is 16.0 Å². The summed E-state index contributed by atoms with van der Waals surface area (Å²) < 4.78 is 13.5. The van der Waals surface area contributed by atoms with Gasteiger partial charge in [0.25, 0.3) is 0 Å². The number of carbonyl (C=O) groups excluding carboxylic acids is 1. The second kappa shape index (κ2) is 12.0. The number of likely N-dealkylation sites (N-methyl/N-ethyl adjacent to an activating group) is 1. The molecule has 4 aliphatic heterocycles. The van der Waals surface area contributed by atoms with Gasteiger partial charge in [-0.05, 0) is 76.2 Å².